The summed E-state index contributed by atoms with van der Waals surface area (Å²) in [5, 5.41) is 1.79. The van der Waals surface area contributed by atoms with Gasteiger partial charge in [-0.05, 0) is 12.5 Å². The molecule has 0 aliphatic carbocycles. The zero-order chi connectivity index (χ0) is 11.4. The van der Waals surface area contributed by atoms with Gasteiger partial charge in [0.15, 0.2) is 7.38 Å². The van der Waals surface area contributed by atoms with E-state index >= 15 is 0 Å². The third-order valence-corrected chi connectivity index (χ3v) is 3.60. The monoisotopic (exact) mass is 247 g/mol. The number of halogens is 4. The molecule has 0 fully saturated rings. The van der Waals surface area contributed by atoms with E-state index in [1.165, 1.54) is 0 Å². The molecule has 1 amide bonds. The molecule has 0 atom stereocenters. The van der Waals surface area contributed by atoms with Crippen LogP contribution in [0.4, 0.5) is 13.2 Å². The number of carbonyl (C=O) groups is 1. The lowest BCUT2D eigenvalue weighted by Crippen LogP contribution is -2.37. The van der Waals surface area contributed by atoms with E-state index < -0.39 is 19.5 Å². The smallest absolute Gasteiger partial charge is 0.348 e. The Balaban J connectivity index is 3.62. The van der Waals surface area contributed by atoms with Crippen LogP contribution in [0.15, 0.2) is 0 Å². The fourth-order valence-corrected chi connectivity index (χ4v) is 2.23. The van der Waals surface area contributed by atoms with Gasteiger partial charge >= 0.3 is 12.1 Å². The van der Waals surface area contributed by atoms with Crippen molar-refractivity contribution in [1.82, 2.24) is 5.32 Å². The van der Waals surface area contributed by atoms with Gasteiger partial charge in [-0.1, -0.05) is 13.1 Å². The highest BCUT2D eigenvalue weighted by Gasteiger charge is 2.38. The Hall–Kier alpha value is -0.233. The van der Waals surface area contributed by atoms with Crippen LogP contribution >= 0.6 is 11.1 Å². The Morgan fingerprint density at radius 3 is 2.29 bits per heavy atom. The van der Waals surface area contributed by atoms with Gasteiger partial charge in [0.25, 0.3) is 0 Å². The highest BCUT2D eigenvalue weighted by molar-refractivity contribution is 7.19. The molecule has 0 saturated heterocycles. The van der Waals surface area contributed by atoms with E-state index in [4.69, 9.17) is 11.1 Å². The average molecular weight is 248 g/mol. The summed E-state index contributed by atoms with van der Waals surface area (Å²) in [4.78, 5) is 10.3. The number of amides is 1. The van der Waals surface area contributed by atoms with E-state index in [1.54, 1.807) is 5.32 Å². The largest absolute Gasteiger partial charge is 0.471 e. The Kier molecular flexibility index (Phi) is 4.94. The number of nitrogens with one attached hydrogen (secondary N) is 1. The Labute approximate surface area is 86.5 Å². The van der Waals surface area contributed by atoms with Gasteiger partial charge in [0.1, 0.15) is 0 Å². The van der Waals surface area contributed by atoms with Crippen LogP contribution in [0.3, 0.4) is 0 Å². The van der Waals surface area contributed by atoms with Crippen molar-refractivity contribution in [3.63, 3.8) is 0 Å². The first kappa shape index (κ1) is 13.8. The fourth-order valence-electron chi connectivity index (χ4n) is 0.811. The summed E-state index contributed by atoms with van der Waals surface area (Å²) in [7, 11) is -1.74. The number of hydrogen-bond acceptors (Lipinski definition) is 1. The summed E-state index contributed by atoms with van der Waals surface area (Å²) in [5.41, 5.74) is 0. The molecule has 0 aliphatic rings. The highest BCUT2D eigenvalue weighted by Crippen LogP contribution is 2.16. The van der Waals surface area contributed by atoms with E-state index in [1.807, 2.05) is 13.1 Å². The normalized spacial score (nSPS) is 12.7. The van der Waals surface area contributed by atoms with Gasteiger partial charge in [0.2, 0.25) is 0 Å². The second-order valence-electron chi connectivity index (χ2n) is 3.58. The Morgan fingerprint density at radius 1 is 1.43 bits per heavy atom. The third-order valence-electron chi connectivity index (χ3n) is 1.49. The zero-order valence-corrected chi connectivity index (χ0v) is 9.80. The number of carbonyl (C=O) groups excluding carboxylic acids is 1. The molecule has 14 heavy (non-hydrogen) atoms. The first-order valence-corrected chi connectivity index (χ1v) is 8.39. The zero-order valence-electron chi connectivity index (χ0n) is 8.04. The molecular weight excluding hydrogens is 235 g/mol. The summed E-state index contributed by atoms with van der Waals surface area (Å²) in [6.45, 7) is 3.84. The summed E-state index contributed by atoms with van der Waals surface area (Å²) in [6.07, 6.45) is -4.29. The number of hydrogen-bond donors (Lipinski definition) is 1. The molecular formula is C7H13ClF3NOSi. The predicted molar refractivity (Wildman–Crippen MR) is 51.8 cm³/mol. The molecule has 1 N–H and O–H groups in total. The molecule has 0 bridgehead atoms. The molecule has 0 aliphatic heterocycles. The molecule has 84 valence electrons. The molecule has 0 aromatic heterocycles. The quantitative estimate of drug-likeness (QED) is 0.462. The van der Waals surface area contributed by atoms with Crippen LogP contribution in [0.1, 0.15) is 6.42 Å². The van der Waals surface area contributed by atoms with E-state index in [-0.39, 0.29) is 6.54 Å². The Bertz CT molecular complexity index is 202. The molecule has 0 radical (unpaired) electrons. The molecule has 0 heterocycles. The van der Waals surface area contributed by atoms with Gasteiger partial charge in [-0.25, -0.2) is 0 Å². The first-order chi connectivity index (χ1) is 6.13. The fraction of sp³-hybridized carbons (Fsp3) is 0.857. The number of rotatable bonds is 4. The summed E-state index contributed by atoms with van der Waals surface area (Å²) in [6, 6.07) is 0.687. The van der Waals surface area contributed by atoms with Gasteiger partial charge in [-0.15, -0.1) is 0 Å². The molecule has 7 heteroatoms. The summed E-state index contributed by atoms with van der Waals surface area (Å²) < 4.78 is 35.0. The van der Waals surface area contributed by atoms with Crippen molar-refractivity contribution in [1.29, 1.82) is 0 Å². The predicted octanol–water partition coefficient (Wildman–Crippen LogP) is 2.50. The van der Waals surface area contributed by atoms with Crippen LogP contribution in [0.5, 0.6) is 0 Å². The Morgan fingerprint density at radius 2 is 1.93 bits per heavy atom. The summed E-state index contributed by atoms with van der Waals surface area (Å²) in [5.74, 6) is -1.88. The first-order valence-electron chi connectivity index (χ1n) is 4.17. The van der Waals surface area contributed by atoms with Crippen molar-refractivity contribution in [2.45, 2.75) is 31.7 Å². The van der Waals surface area contributed by atoms with Crippen LogP contribution < -0.4 is 5.32 Å². The maximum atomic E-state index is 11.7. The van der Waals surface area contributed by atoms with Crippen molar-refractivity contribution in [3.05, 3.63) is 0 Å². The minimum atomic E-state index is -4.78. The maximum absolute atomic E-state index is 11.7. The van der Waals surface area contributed by atoms with E-state index in [0.717, 1.165) is 0 Å². The standard InChI is InChI=1S/C7H13ClF3NOSi/c1-14(2,8)5-3-4-12-6(13)7(9,10)11/h3-5H2,1-2H3,(H,12,13). The van der Waals surface area contributed by atoms with Crippen LogP contribution in [0, 0.1) is 0 Å². The van der Waals surface area contributed by atoms with E-state index in [0.29, 0.717) is 12.5 Å². The lowest BCUT2D eigenvalue weighted by molar-refractivity contribution is -0.173. The van der Waals surface area contributed by atoms with Crippen LogP contribution in [-0.4, -0.2) is 26.0 Å². The van der Waals surface area contributed by atoms with Gasteiger partial charge < -0.3 is 5.32 Å². The van der Waals surface area contributed by atoms with E-state index in [2.05, 4.69) is 0 Å². The second kappa shape index (κ2) is 5.02. The third kappa shape index (κ3) is 7.20. The molecule has 0 rings (SSSR count). The molecule has 0 aromatic carbocycles. The average Bonchev–Trinajstić information content (AvgIpc) is 1.93. The van der Waals surface area contributed by atoms with Crippen molar-refractivity contribution in [3.8, 4) is 0 Å². The lowest BCUT2D eigenvalue weighted by atomic mass is 10.4. The van der Waals surface area contributed by atoms with E-state index in [9.17, 15) is 18.0 Å². The molecule has 0 unspecified atom stereocenters. The van der Waals surface area contributed by atoms with Gasteiger partial charge in [0, 0.05) is 6.54 Å². The van der Waals surface area contributed by atoms with Gasteiger partial charge in [-0.3, -0.25) is 4.79 Å². The molecule has 0 spiro atoms. The topological polar surface area (TPSA) is 29.1 Å². The molecule has 0 aromatic rings. The highest BCUT2D eigenvalue weighted by atomic mass is 35.6. The van der Waals surface area contributed by atoms with Crippen molar-refractivity contribution < 1.29 is 18.0 Å². The van der Waals surface area contributed by atoms with Crippen molar-refractivity contribution >= 4 is 24.4 Å². The lowest BCUT2D eigenvalue weighted by Gasteiger charge is -2.13. The number of alkyl halides is 3. The SMILES string of the molecule is C[Si](C)(Cl)CCCNC(=O)C(F)(F)F. The van der Waals surface area contributed by atoms with Crippen LogP contribution in [0.25, 0.3) is 0 Å². The maximum Gasteiger partial charge on any atom is 0.471 e. The summed E-state index contributed by atoms with van der Waals surface area (Å²) >= 11 is 5.94. The van der Waals surface area contributed by atoms with Gasteiger partial charge in [0.05, 0.1) is 0 Å². The minimum Gasteiger partial charge on any atom is -0.348 e. The molecule has 0 saturated carbocycles. The van der Waals surface area contributed by atoms with Crippen LogP contribution in [-0.2, 0) is 4.79 Å². The molecule has 2 nitrogen and oxygen atoms in total. The second-order valence-corrected chi connectivity index (χ2v) is 10.6. The van der Waals surface area contributed by atoms with Crippen molar-refractivity contribution in [2.75, 3.05) is 6.54 Å². The van der Waals surface area contributed by atoms with Crippen LogP contribution in [0.2, 0.25) is 19.1 Å². The minimum absolute atomic E-state index is 0.0293. The van der Waals surface area contributed by atoms with Gasteiger partial charge in [-0.2, -0.15) is 24.3 Å². The van der Waals surface area contributed by atoms with Crippen molar-refractivity contribution in [2.24, 2.45) is 0 Å².